The van der Waals surface area contributed by atoms with E-state index < -0.39 is 28.4 Å². The number of aryl methyl sites for hydroxylation is 1. The van der Waals surface area contributed by atoms with E-state index in [0.717, 1.165) is 12.1 Å². The van der Waals surface area contributed by atoms with Crippen molar-refractivity contribution in [3.05, 3.63) is 74.3 Å². The third-order valence-electron chi connectivity index (χ3n) is 4.45. The third-order valence-corrected chi connectivity index (χ3v) is 4.45. The zero-order valence-electron chi connectivity index (χ0n) is 15.4. The summed E-state index contributed by atoms with van der Waals surface area (Å²) in [6.07, 6.45) is 0.342. The number of oxazole rings is 1. The second-order valence-corrected chi connectivity index (χ2v) is 6.49. The summed E-state index contributed by atoms with van der Waals surface area (Å²) in [5.74, 6) is -2.49. The zero-order valence-corrected chi connectivity index (χ0v) is 15.4. The summed E-state index contributed by atoms with van der Waals surface area (Å²) in [7, 11) is 0. The van der Waals surface area contributed by atoms with Gasteiger partial charge in [0.05, 0.1) is 22.5 Å². The molecule has 0 radical (unpaired) electrons. The van der Waals surface area contributed by atoms with Crippen LogP contribution >= 0.6 is 0 Å². The Balaban J connectivity index is 1.61. The van der Waals surface area contributed by atoms with Gasteiger partial charge in [-0.1, -0.05) is 6.07 Å². The number of nitro groups is 1. The fourth-order valence-corrected chi connectivity index (χ4v) is 3.02. The van der Waals surface area contributed by atoms with Crippen molar-refractivity contribution in [2.75, 3.05) is 0 Å². The standard InChI is InChI=1S/C19H17F2N3O5/c1-11(14-6-4-12(20)9-15(14)21)22-18(25)3-2-8-23-16-7-5-13(24(27)28)10-17(16)29-19(23)26/h4-7,9-11H,2-3,8H2,1H3,(H,22,25)/t11-/m0/s1. The van der Waals surface area contributed by atoms with Crippen LogP contribution in [0.1, 0.15) is 31.4 Å². The predicted octanol–water partition coefficient (Wildman–Crippen LogP) is 3.44. The van der Waals surface area contributed by atoms with E-state index in [9.17, 15) is 28.5 Å². The number of fused-ring (bicyclic) bond motifs is 1. The summed E-state index contributed by atoms with van der Waals surface area (Å²) in [4.78, 5) is 34.3. The first-order valence-electron chi connectivity index (χ1n) is 8.78. The number of carbonyl (C=O) groups is 1. The van der Waals surface area contributed by atoms with Crippen LogP contribution in [0.15, 0.2) is 45.6 Å². The molecule has 1 heterocycles. The van der Waals surface area contributed by atoms with Crippen molar-refractivity contribution >= 4 is 22.7 Å². The highest BCUT2D eigenvalue weighted by atomic mass is 19.1. The van der Waals surface area contributed by atoms with Crippen LogP contribution in [0.5, 0.6) is 0 Å². The van der Waals surface area contributed by atoms with Crippen LogP contribution < -0.4 is 11.1 Å². The number of halogens is 2. The number of hydrogen-bond acceptors (Lipinski definition) is 5. The minimum Gasteiger partial charge on any atom is -0.407 e. The van der Waals surface area contributed by atoms with Gasteiger partial charge in [-0.05, 0) is 25.5 Å². The SMILES string of the molecule is C[C@H](NC(=O)CCCn1c(=O)oc2cc([N+](=O)[O-])ccc21)c1ccc(F)cc1F. The fourth-order valence-electron chi connectivity index (χ4n) is 3.02. The van der Waals surface area contributed by atoms with E-state index in [2.05, 4.69) is 5.32 Å². The lowest BCUT2D eigenvalue weighted by Crippen LogP contribution is -2.27. The van der Waals surface area contributed by atoms with E-state index in [-0.39, 0.29) is 42.1 Å². The normalized spacial score (nSPS) is 12.1. The van der Waals surface area contributed by atoms with Crippen molar-refractivity contribution in [3.63, 3.8) is 0 Å². The van der Waals surface area contributed by atoms with Crippen LogP contribution in [0.25, 0.3) is 11.1 Å². The lowest BCUT2D eigenvalue weighted by atomic mass is 10.1. The molecular formula is C19H17F2N3O5. The van der Waals surface area contributed by atoms with E-state index in [0.29, 0.717) is 5.52 Å². The number of non-ortho nitro benzene ring substituents is 1. The molecule has 0 unspecified atom stereocenters. The largest absolute Gasteiger partial charge is 0.419 e. The smallest absolute Gasteiger partial charge is 0.407 e. The number of carbonyl (C=O) groups excluding carboxylic acids is 1. The Morgan fingerprint density at radius 1 is 1.28 bits per heavy atom. The Kier molecular flexibility index (Phi) is 5.71. The average Bonchev–Trinajstić information content (AvgIpc) is 2.96. The van der Waals surface area contributed by atoms with Crippen molar-refractivity contribution in [2.24, 2.45) is 0 Å². The molecule has 1 atom stereocenters. The molecule has 3 rings (SSSR count). The highest BCUT2D eigenvalue weighted by molar-refractivity contribution is 5.77. The highest BCUT2D eigenvalue weighted by Gasteiger charge is 2.16. The molecule has 8 nitrogen and oxygen atoms in total. The molecule has 0 fully saturated rings. The number of rotatable bonds is 7. The first kappa shape index (κ1) is 20.2. The summed E-state index contributed by atoms with van der Waals surface area (Å²) < 4.78 is 33.1. The van der Waals surface area contributed by atoms with Crippen LogP contribution in [0, 0.1) is 21.7 Å². The van der Waals surface area contributed by atoms with Gasteiger partial charge in [0.1, 0.15) is 11.6 Å². The van der Waals surface area contributed by atoms with E-state index in [4.69, 9.17) is 4.42 Å². The summed E-state index contributed by atoms with van der Waals surface area (Å²) >= 11 is 0. The van der Waals surface area contributed by atoms with E-state index in [1.807, 2.05) is 0 Å². The maximum absolute atomic E-state index is 13.8. The summed E-state index contributed by atoms with van der Waals surface area (Å²) in [6.45, 7) is 1.74. The van der Waals surface area contributed by atoms with E-state index in [1.165, 1.54) is 28.8 Å². The quantitative estimate of drug-likeness (QED) is 0.479. The molecular weight excluding hydrogens is 388 g/mol. The van der Waals surface area contributed by atoms with Crippen molar-refractivity contribution in [3.8, 4) is 0 Å². The van der Waals surface area contributed by atoms with Gasteiger partial charge in [-0.3, -0.25) is 19.5 Å². The average molecular weight is 405 g/mol. The number of benzene rings is 2. The molecule has 152 valence electrons. The van der Waals surface area contributed by atoms with Crippen LogP contribution in [-0.4, -0.2) is 15.4 Å². The van der Waals surface area contributed by atoms with Gasteiger partial charge in [0.2, 0.25) is 5.91 Å². The molecule has 0 bridgehead atoms. The minimum absolute atomic E-state index is 0.0548. The lowest BCUT2D eigenvalue weighted by Gasteiger charge is -2.15. The summed E-state index contributed by atoms with van der Waals surface area (Å²) in [5.41, 5.74) is 0.454. The number of nitrogens with one attached hydrogen (secondary N) is 1. The first-order chi connectivity index (χ1) is 13.8. The molecule has 0 saturated heterocycles. The third kappa shape index (κ3) is 4.48. The Morgan fingerprint density at radius 2 is 2.03 bits per heavy atom. The van der Waals surface area contributed by atoms with Crippen molar-refractivity contribution in [1.29, 1.82) is 0 Å². The molecule has 1 aromatic heterocycles. The topological polar surface area (TPSA) is 107 Å². The first-order valence-corrected chi connectivity index (χ1v) is 8.78. The number of nitro benzene ring substituents is 1. The minimum atomic E-state index is -0.747. The zero-order chi connectivity index (χ0) is 21.1. The molecule has 0 spiro atoms. The van der Waals surface area contributed by atoms with E-state index >= 15 is 0 Å². The van der Waals surface area contributed by atoms with Crippen LogP contribution in [0.2, 0.25) is 0 Å². The summed E-state index contributed by atoms with van der Waals surface area (Å²) in [6, 6.07) is 6.32. The maximum atomic E-state index is 13.8. The molecule has 0 aliphatic rings. The van der Waals surface area contributed by atoms with Crippen LogP contribution in [0.3, 0.4) is 0 Å². The molecule has 3 aromatic rings. The Labute approximate surface area is 162 Å². The summed E-state index contributed by atoms with van der Waals surface area (Å²) in [5, 5.41) is 13.4. The predicted molar refractivity (Wildman–Crippen MR) is 99.3 cm³/mol. The monoisotopic (exact) mass is 405 g/mol. The molecule has 10 heteroatoms. The van der Waals surface area contributed by atoms with Crippen molar-refractivity contribution in [2.45, 2.75) is 32.4 Å². The molecule has 0 aliphatic carbocycles. The second-order valence-electron chi connectivity index (χ2n) is 6.49. The Bertz CT molecular complexity index is 1140. The van der Waals surface area contributed by atoms with E-state index in [1.54, 1.807) is 6.92 Å². The second kappa shape index (κ2) is 8.21. The highest BCUT2D eigenvalue weighted by Crippen LogP contribution is 2.21. The number of nitrogens with zero attached hydrogens (tertiary/aromatic N) is 2. The van der Waals surface area contributed by atoms with Crippen molar-refractivity contribution in [1.82, 2.24) is 9.88 Å². The van der Waals surface area contributed by atoms with Gasteiger partial charge in [0, 0.05) is 30.7 Å². The Hall–Kier alpha value is -3.56. The lowest BCUT2D eigenvalue weighted by molar-refractivity contribution is -0.384. The van der Waals surface area contributed by atoms with Gasteiger partial charge in [-0.15, -0.1) is 0 Å². The number of hydrogen-bond donors (Lipinski definition) is 1. The van der Waals surface area contributed by atoms with Gasteiger partial charge >= 0.3 is 5.76 Å². The molecule has 0 aliphatic heterocycles. The van der Waals surface area contributed by atoms with Crippen molar-refractivity contribution < 1.29 is 22.9 Å². The Morgan fingerprint density at radius 3 is 2.72 bits per heavy atom. The fraction of sp³-hybridized carbons (Fsp3) is 0.263. The van der Waals surface area contributed by atoms with Crippen LogP contribution in [-0.2, 0) is 11.3 Å². The molecule has 1 N–H and O–H groups in total. The van der Waals surface area contributed by atoms with Gasteiger partial charge in [-0.2, -0.15) is 0 Å². The van der Waals surface area contributed by atoms with Gasteiger partial charge in [0.15, 0.2) is 5.58 Å². The molecule has 1 amide bonds. The molecule has 0 saturated carbocycles. The van der Waals surface area contributed by atoms with Gasteiger partial charge < -0.3 is 9.73 Å². The van der Waals surface area contributed by atoms with Gasteiger partial charge in [0.25, 0.3) is 5.69 Å². The maximum Gasteiger partial charge on any atom is 0.419 e. The van der Waals surface area contributed by atoms with Crippen LogP contribution in [0.4, 0.5) is 14.5 Å². The molecule has 2 aromatic carbocycles. The molecule has 29 heavy (non-hydrogen) atoms. The van der Waals surface area contributed by atoms with Gasteiger partial charge in [-0.25, -0.2) is 13.6 Å². The number of amides is 1. The number of aromatic nitrogens is 1.